The Bertz CT molecular complexity index is 819. The van der Waals surface area contributed by atoms with Crippen LogP contribution in [0, 0.1) is 0 Å². The maximum Gasteiger partial charge on any atom is 0.352 e. The minimum Gasteiger partial charge on any atom is -0.487 e. The molecule has 0 unspecified atom stereocenters. The molecule has 0 bridgehead atoms. The molecule has 0 aliphatic heterocycles. The standard InChI is InChI=1S/C18H17N3O3S/c1-2-16-17(25-21-20-16)18(22)24-11-13-6-8-15(9-7-13)23-12-14-5-3-4-10-19-14/h3-10H,2,11-12H2,1H3. The van der Waals surface area contributed by atoms with Crippen LogP contribution in [0.25, 0.3) is 0 Å². The molecule has 0 amide bonds. The summed E-state index contributed by atoms with van der Waals surface area (Å²) in [5, 5.41) is 3.91. The van der Waals surface area contributed by atoms with Crippen molar-refractivity contribution in [2.24, 2.45) is 0 Å². The van der Waals surface area contributed by atoms with Gasteiger partial charge in [-0.3, -0.25) is 4.98 Å². The number of carbonyl (C=O) groups excluding carboxylic acids is 1. The van der Waals surface area contributed by atoms with Crippen molar-refractivity contribution in [1.82, 2.24) is 14.6 Å². The van der Waals surface area contributed by atoms with Crippen LogP contribution in [0.3, 0.4) is 0 Å². The van der Waals surface area contributed by atoms with E-state index in [1.54, 1.807) is 6.20 Å². The Morgan fingerprint density at radius 1 is 1.12 bits per heavy atom. The number of nitrogens with zero attached hydrogens (tertiary/aromatic N) is 3. The Morgan fingerprint density at radius 2 is 1.96 bits per heavy atom. The fraction of sp³-hybridized carbons (Fsp3) is 0.222. The van der Waals surface area contributed by atoms with Crippen molar-refractivity contribution in [2.45, 2.75) is 26.6 Å². The maximum atomic E-state index is 12.1. The topological polar surface area (TPSA) is 74.2 Å². The van der Waals surface area contributed by atoms with Crippen LogP contribution in [0.5, 0.6) is 5.75 Å². The lowest BCUT2D eigenvalue weighted by molar-refractivity contribution is 0.0477. The molecule has 0 saturated heterocycles. The molecule has 0 radical (unpaired) electrons. The molecule has 0 aliphatic rings. The number of ether oxygens (including phenoxy) is 2. The smallest absolute Gasteiger partial charge is 0.352 e. The van der Waals surface area contributed by atoms with Crippen molar-refractivity contribution in [2.75, 3.05) is 0 Å². The van der Waals surface area contributed by atoms with E-state index in [2.05, 4.69) is 14.6 Å². The summed E-state index contributed by atoms with van der Waals surface area (Å²) in [7, 11) is 0. The third kappa shape index (κ3) is 4.60. The largest absolute Gasteiger partial charge is 0.487 e. The second-order valence-electron chi connectivity index (χ2n) is 5.23. The van der Waals surface area contributed by atoms with Crippen molar-refractivity contribution in [3.63, 3.8) is 0 Å². The van der Waals surface area contributed by atoms with Gasteiger partial charge in [0.25, 0.3) is 0 Å². The molecule has 0 spiro atoms. The van der Waals surface area contributed by atoms with E-state index in [0.29, 0.717) is 23.6 Å². The second-order valence-corrected chi connectivity index (χ2v) is 5.99. The first-order chi connectivity index (χ1) is 12.3. The fourth-order valence-corrected chi connectivity index (χ4v) is 2.78. The molecule has 128 valence electrons. The number of hydrogen-bond donors (Lipinski definition) is 0. The molecule has 2 aromatic heterocycles. The molecular weight excluding hydrogens is 338 g/mol. The molecular formula is C18H17N3O3S. The van der Waals surface area contributed by atoms with Gasteiger partial charge in [-0.05, 0) is 47.8 Å². The predicted octanol–water partition coefficient (Wildman–Crippen LogP) is 3.43. The normalized spacial score (nSPS) is 10.4. The monoisotopic (exact) mass is 355 g/mol. The van der Waals surface area contributed by atoms with Crippen LogP contribution in [0.1, 0.15) is 33.5 Å². The molecule has 3 rings (SSSR count). The average molecular weight is 355 g/mol. The molecule has 7 heteroatoms. The lowest BCUT2D eigenvalue weighted by atomic mass is 10.2. The molecule has 0 atom stereocenters. The maximum absolute atomic E-state index is 12.1. The highest BCUT2D eigenvalue weighted by Gasteiger charge is 2.16. The SMILES string of the molecule is CCc1nnsc1C(=O)OCc1ccc(OCc2ccccn2)cc1. The first-order valence-corrected chi connectivity index (χ1v) is 8.63. The third-order valence-corrected chi connectivity index (χ3v) is 4.23. The summed E-state index contributed by atoms with van der Waals surface area (Å²) in [5.41, 5.74) is 2.42. The van der Waals surface area contributed by atoms with E-state index in [1.165, 1.54) is 0 Å². The van der Waals surface area contributed by atoms with Crippen LogP contribution >= 0.6 is 11.5 Å². The van der Waals surface area contributed by atoms with E-state index in [0.717, 1.165) is 28.5 Å². The summed E-state index contributed by atoms with van der Waals surface area (Å²) >= 11 is 1.06. The molecule has 6 nitrogen and oxygen atoms in total. The molecule has 1 aromatic carbocycles. The number of aryl methyl sites for hydroxylation is 1. The van der Waals surface area contributed by atoms with Gasteiger partial charge in [0, 0.05) is 6.20 Å². The summed E-state index contributed by atoms with van der Waals surface area (Å²) in [6.45, 7) is 2.53. The van der Waals surface area contributed by atoms with Gasteiger partial charge in [0.05, 0.1) is 11.4 Å². The van der Waals surface area contributed by atoms with Crippen LogP contribution < -0.4 is 4.74 Å². The first kappa shape index (κ1) is 17.0. The summed E-state index contributed by atoms with van der Waals surface area (Å²) in [6, 6.07) is 13.1. The van der Waals surface area contributed by atoms with Crippen LogP contribution in [0.4, 0.5) is 0 Å². The summed E-state index contributed by atoms with van der Waals surface area (Å²) in [5.74, 6) is 0.350. The molecule has 2 heterocycles. The van der Waals surface area contributed by atoms with Crippen molar-refractivity contribution < 1.29 is 14.3 Å². The minimum atomic E-state index is -0.387. The van der Waals surface area contributed by atoms with Crippen LogP contribution in [0.15, 0.2) is 48.7 Å². The Kier molecular flexibility index (Phi) is 5.69. The summed E-state index contributed by atoms with van der Waals surface area (Å²) in [4.78, 5) is 16.7. The second kappa shape index (κ2) is 8.34. The van der Waals surface area contributed by atoms with Crippen molar-refractivity contribution in [3.05, 3.63) is 70.5 Å². The van der Waals surface area contributed by atoms with Crippen molar-refractivity contribution in [3.8, 4) is 5.75 Å². The summed E-state index contributed by atoms with van der Waals surface area (Å²) in [6.07, 6.45) is 2.39. The van der Waals surface area contributed by atoms with E-state index in [9.17, 15) is 4.79 Å². The lowest BCUT2D eigenvalue weighted by Crippen LogP contribution is -2.06. The van der Waals surface area contributed by atoms with Gasteiger partial charge in [0.15, 0.2) is 4.88 Å². The van der Waals surface area contributed by atoms with Gasteiger partial charge in [-0.25, -0.2) is 4.79 Å². The van der Waals surface area contributed by atoms with Gasteiger partial charge in [0.2, 0.25) is 0 Å². The molecule has 0 aliphatic carbocycles. The Labute approximate surface area is 149 Å². The Morgan fingerprint density at radius 3 is 2.68 bits per heavy atom. The zero-order chi connectivity index (χ0) is 17.5. The van der Waals surface area contributed by atoms with Crippen LogP contribution in [-0.2, 0) is 24.4 Å². The van der Waals surface area contributed by atoms with Gasteiger partial charge in [-0.15, -0.1) is 5.10 Å². The van der Waals surface area contributed by atoms with Crippen molar-refractivity contribution in [1.29, 1.82) is 0 Å². The number of pyridine rings is 1. The van der Waals surface area contributed by atoms with Crippen LogP contribution in [0.2, 0.25) is 0 Å². The number of hydrogen-bond acceptors (Lipinski definition) is 7. The third-order valence-electron chi connectivity index (χ3n) is 3.48. The fourth-order valence-electron chi connectivity index (χ4n) is 2.13. The quantitative estimate of drug-likeness (QED) is 0.605. The molecule has 0 N–H and O–H groups in total. The number of carbonyl (C=O) groups is 1. The van der Waals surface area contributed by atoms with Gasteiger partial charge >= 0.3 is 5.97 Å². The highest BCUT2D eigenvalue weighted by atomic mass is 32.1. The minimum absolute atomic E-state index is 0.195. The average Bonchev–Trinajstić information content (AvgIpc) is 3.15. The number of esters is 1. The number of benzene rings is 1. The van der Waals surface area contributed by atoms with Gasteiger partial charge in [-0.1, -0.05) is 29.6 Å². The predicted molar refractivity (Wildman–Crippen MR) is 93.4 cm³/mol. The van der Waals surface area contributed by atoms with E-state index in [-0.39, 0.29) is 12.6 Å². The zero-order valence-electron chi connectivity index (χ0n) is 13.7. The highest BCUT2D eigenvalue weighted by Crippen LogP contribution is 2.16. The molecule has 3 aromatic rings. The molecule has 0 saturated carbocycles. The van der Waals surface area contributed by atoms with Gasteiger partial charge < -0.3 is 9.47 Å². The van der Waals surface area contributed by atoms with Gasteiger partial charge in [0.1, 0.15) is 19.0 Å². The number of rotatable bonds is 7. The number of aromatic nitrogens is 3. The molecule has 0 fully saturated rings. The van der Waals surface area contributed by atoms with Crippen molar-refractivity contribution >= 4 is 17.5 Å². The van der Waals surface area contributed by atoms with Gasteiger partial charge in [-0.2, -0.15) is 0 Å². The first-order valence-electron chi connectivity index (χ1n) is 7.86. The Balaban J connectivity index is 1.51. The van der Waals surface area contributed by atoms with E-state index in [4.69, 9.17) is 9.47 Å². The van der Waals surface area contributed by atoms with E-state index < -0.39 is 0 Å². The van der Waals surface area contributed by atoms with Crippen LogP contribution in [-0.4, -0.2) is 20.5 Å². The lowest BCUT2D eigenvalue weighted by Gasteiger charge is -2.07. The Hall–Kier alpha value is -2.80. The zero-order valence-corrected chi connectivity index (χ0v) is 14.5. The van der Waals surface area contributed by atoms with E-state index >= 15 is 0 Å². The summed E-state index contributed by atoms with van der Waals surface area (Å²) < 4.78 is 14.8. The molecule has 25 heavy (non-hydrogen) atoms. The highest BCUT2D eigenvalue weighted by molar-refractivity contribution is 7.07. The van der Waals surface area contributed by atoms with E-state index in [1.807, 2.05) is 49.4 Å².